The first-order valence-corrected chi connectivity index (χ1v) is 11.3. The lowest BCUT2D eigenvalue weighted by Crippen LogP contribution is -2.27. The molecule has 0 atom stereocenters. The minimum atomic E-state index is 0.0818. The lowest BCUT2D eigenvalue weighted by atomic mass is 10.0. The van der Waals surface area contributed by atoms with Crippen molar-refractivity contribution in [3.05, 3.63) is 83.7 Å². The average Bonchev–Trinajstić information content (AvgIpc) is 3.14. The van der Waals surface area contributed by atoms with Crippen LogP contribution in [-0.4, -0.2) is 21.8 Å². The van der Waals surface area contributed by atoms with Gasteiger partial charge in [0.2, 0.25) is 5.91 Å². The largest absolute Gasteiger partial charge is 0.356 e. The molecule has 4 heteroatoms. The van der Waals surface area contributed by atoms with Gasteiger partial charge in [-0.1, -0.05) is 73.5 Å². The van der Waals surface area contributed by atoms with Crippen LogP contribution in [0.4, 0.5) is 0 Å². The summed E-state index contributed by atoms with van der Waals surface area (Å²) in [6.07, 6.45) is 3.22. The lowest BCUT2D eigenvalue weighted by Gasteiger charge is -2.10. The smallest absolute Gasteiger partial charge is 0.220 e. The van der Waals surface area contributed by atoms with Gasteiger partial charge in [-0.25, -0.2) is 4.98 Å². The Kier molecular flexibility index (Phi) is 6.40. The highest BCUT2D eigenvalue weighted by atomic mass is 16.1. The maximum Gasteiger partial charge on any atom is 0.220 e. The van der Waals surface area contributed by atoms with Gasteiger partial charge in [0.1, 0.15) is 5.65 Å². The van der Waals surface area contributed by atoms with Gasteiger partial charge in [-0.05, 0) is 49.4 Å². The van der Waals surface area contributed by atoms with Crippen molar-refractivity contribution in [2.24, 2.45) is 5.92 Å². The van der Waals surface area contributed by atoms with E-state index in [0.29, 0.717) is 25.3 Å². The van der Waals surface area contributed by atoms with E-state index in [0.717, 1.165) is 28.2 Å². The van der Waals surface area contributed by atoms with Crippen LogP contribution >= 0.6 is 0 Å². The second-order valence-electron chi connectivity index (χ2n) is 8.99. The van der Waals surface area contributed by atoms with Crippen molar-refractivity contribution in [3.8, 4) is 22.4 Å². The highest BCUT2D eigenvalue weighted by Gasteiger charge is 2.16. The van der Waals surface area contributed by atoms with Crippen molar-refractivity contribution in [2.45, 2.75) is 40.5 Å². The molecule has 0 aliphatic carbocycles. The number of pyridine rings is 1. The van der Waals surface area contributed by atoms with Crippen molar-refractivity contribution >= 4 is 11.6 Å². The summed E-state index contributed by atoms with van der Waals surface area (Å²) in [6, 6.07) is 21.1. The highest BCUT2D eigenvalue weighted by Crippen LogP contribution is 2.29. The molecule has 0 aliphatic heterocycles. The highest BCUT2D eigenvalue weighted by molar-refractivity contribution is 5.77. The molecule has 4 rings (SSSR count). The molecule has 0 unspecified atom stereocenters. The lowest BCUT2D eigenvalue weighted by molar-refractivity contribution is -0.121. The van der Waals surface area contributed by atoms with Gasteiger partial charge in [-0.15, -0.1) is 0 Å². The SMILES string of the molecule is Cc1ccc(-c2nc3ccc(-c4cccc(C)c4)cn3c2CCC(=O)NCC(C)C)cc1. The number of benzene rings is 2. The van der Waals surface area contributed by atoms with Crippen LogP contribution in [0.5, 0.6) is 0 Å². The fourth-order valence-corrected chi connectivity index (χ4v) is 3.91. The molecule has 4 nitrogen and oxygen atoms in total. The molecule has 1 N–H and O–H groups in total. The van der Waals surface area contributed by atoms with E-state index >= 15 is 0 Å². The third-order valence-electron chi connectivity index (χ3n) is 5.69. The van der Waals surface area contributed by atoms with Crippen LogP contribution in [0.15, 0.2) is 66.9 Å². The topological polar surface area (TPSA) is 46.4 Å². The van der Waals surface area contributed by atoms with E-state index in [1.807, 2.05) is 0 Å². The van der Waals surface area contributed by atoms with E-state index < -0.39 is 0 Å². The van der Waals surface area contributed by atoms with Crippen LogP contribution in [0.3, 0.4) is 0 Å². The normalized spacial score (nSPS) is 11.3. The van der Waals surface area contributed by atoms with E-state index in [1.54, 1.807) is 0 Å². The standard InChI is InChI=1S/C28H31N3O/c1-19(2)17-29-27(32)15-13-25-28(22-10-8-20(3)9-11-22)30-26-14-12-24(18-31(25)26)23-7-5-6-21(4)16-23/h5-12,14,16,18-19H,13,15,17H2,1-4H3,(H,29,32). The number of carbonyl (C=O) groups is 1. The number of rotatable bonds is 7. The predicted octanol–water partition coefficient (Wildman–Crippen LogP) is 5.99. The van der Waals surface area contributed by atoms with Gasteiger partial charge in [0.05, 0.1) is 11.4 Å². The summed E-state index contributed by atoms with van der Waals surface area (Å²) in [7, 11) is 0. The molecule has 4 aromatic rings. The average molecular weight is 426 g/mol. The molecular weight excluding hydrogens is 394 g/mol. The van der Waals surface area contributed by atoms with Crippen LogP contribution in [0.25, 0.3) is 28.0 Å². The van der Waals surface area contributed by atoms with Gasteiger partial charge in [0, 0.05) is 24.7 Å². The molecule has 164 valence electrons. The Balaban J connectivity index is 1.75. The number of nitrogens with one attached hydrogen (secondary N) is 1. The maximum absolute atomic E-state index is 12.5. The number of nitrogens with zero attached hydrogens (tertiary/aromatic N) is 2. The summed E-state index contributed by atoms with van der Waals surface area (Å²) in [5, 5.41) is 3.03. The van der Waals surface area contributed by atoms with E-state index in [-0.39, 0.29) is 5.91 Å². The Morgan fingerprint density at radius 1 is 0.938 bits per heavy atom. The fourth-order valence-electron chi connectivity index (χ4n) is 3.91. The molecule has 0 aliphatic rings. The van der Waals surface area contributed by atoms with Crippen LogP contribution in [0.1, 0.15) is 37.1 Å². The third kappa shape index (κ3) is 4.91. The van der Waals surface area contributed by atoms with E-state index in [2.05, 4.69) is 104 Å². The Bertz CT molecular complexity index is 1240. The Labute approximate surface area is 190 Å². The monoisotopic (exact) mass is 425 g/mol. The number of imidazole rings is 1. The minimum absolute atomic E-state index is 0.0818. The molecule has 0 saturated carbocycles. The van der Waals surface area contributed by atoms with Crippen molar-refractivity contribution in [3.63, 3.8) is 0 Å². The first-order valence-electron chi connectivity index (χ1n) is 11.3. The third-order valence-corrected chi connectivity index (χ3v) is 5.69. The molecule has 0 fully saturated rings. The zero-order valence-electron chi connectivity index (χ0n) is 19.4. The molecule has 2 aromatic heterocycles. The summed E-state index contributed by atoms with van der Waals surface area (Å²) in [6.45, 7) is 9.10. The molecule has 0 saturated heterocycles. The second kappa shape index (κ2) is 9.39. The van der Waals surface area contributed by atoms with Gasteiger partial charge in [-0.2, -0.15) is 0 Å². The Morgan fingerprint density at radius 2 is 1.69 bits per heavy atom. The molecule has 1 amide bonds. The van der Waals surface area contributed by atoms with Crippen molar-refractivity contribution in [1.29, 1.82) is 0 Å². The van der Waals surface area contributed by atoms with E-state index in [1.165, 1.54) is 16.7 Å². The Morgan fingerprint density at radius 3 is 2.41 bits per heavy atom. The van der Waals surface area contributed by atoms with Crippen LogP contribution in [-0.2, 0) is 11.2 Å². The number of amides is 1. The molecule has 0 spiro atoms. The van der Waals surface area contributed by atoms with Gasteiger partial charge in [0.15, 0.2) is 0 Å². The van der Waals surface area contributed by atoms with Gasteiger partial charge in [0.25, 0.3) is 0 Å². The number of hydrogen-bond donors (Lipinski definition) is 1. The summed E-state index contributed by atoms with van der Waals surface area (Å²) in [4.78, 5) is 17.4. The number of aryl methyl sites for hydroxylation is 3. The Hall–Kier alpha value is -3.40. The molecule has 2 aromatic carbocycles. The molecule has 0 bridgehead atoms. The molecular formula is C28H31N3O. The summed E-state index contributed by atoms with van der Waals surface area (Å²) < 4.78 is 2.16. The first-order chi connectivity index (χ1) is 15.4. The molecule has 0 radical (unpaired) electrons. The zero-order chi connectivity index (χ0) is 22.7. The molecule has 32 heavy (non-hydrogen) atoms. The van der Waals surface area contributed by atoms with Crippen molar-refractivity contribution < 1.29 is 4.79 Å². The minimum Gasteiger partial charge on any atom is -0.356 e. The van der Waals surface area contributed by atoms with Crippen molar-refractivity contribution in [1.82, 2.24) is 14.7 Å². The first kappa shape index (κ1) is 21.8. The fraction of sp³-hybridized carbons (Fsp3) is 0.286. The van der Waals surface area contributed by atoms with Gasteiger partial charge in [-0.3, -0.25) is 4.79 Å². The number of carbonyl (C=O) groups excluding carboxylic acids is 1. The maximum atomic E-state index is 12.5. The van der Waals surface area contributed by atoms with Gasteiger partial charge < -0.3 is 9.72 Å². The number of aromatic nitrogens is 2. The summed E-state index contributed by atoms with van der Waals surface area (Å²) >= 11 is 0. The quantitative estimate of drug-likeness (QED) is 0.395. The van der Waals surface area contributed by atoms with Crippen LogP contribution < -0.4 is 5.32 Å². The molecule has 2 heterocycles. The summed E-state index contributed by atoms with van der Waals surface area (Å²) in [5.74, 6) is 0.521. The second-order valence-corrected chi connectivity index (χ2v) is 8.99. The van der Waals surface area contributed by atoms with Crippen molar-refractivity contribution in [2.75, 3.05) is 6.54 Å². The van der Waals surface area contributed by atoms with Crippen LogP contribution in [0.2, 0.25) is 0 Å². The van der Waals surface area contributed by atoms with Crippen LogP contribution in [0, 0.1) is 19.8 Å². The summed E-state index contributed by atoms with van der Waals surface area (Å²) in [5.41, 5.74) is 8.76. The number of fused-ring (bicyclic) bond motifs is 1. The zero-order valence-corrected chi connectivity index (χ0v) is 19.4. The van der Waals surface area contributed by atoms with E-state index in [4.69, 9.17) is 4.98 Å². The predicted molar refractivity (Wildman–Crippen MR) is 132 cm³/mol. The van der Waals surface area contributed by atoms with Gasteiger partial charge >= 0.3 is 0 Å². The van der Waals surface area contributed by atoms with E-state index in [9.17, 15) is 4.79 Å². The number of hydrogen-bond acceptors (Lipinski definition) is 2.